The molecule has 29 heavy (non-hydrogen) atoms. The van der Waals surface area contributed by atoms with E-state index in [9.17, 15) is 14.4 Å². The summed E-state index contributed by atoms with van der Waals surface area (Å²) in [4.78, 5) is 33.8. The van der Waals surface area contributed by atoms with E-state index in [-0.39, 0.29) is 23.9 Å². The third-order valence-corrected chi connectivity index (χ3v) is 2.84. The number of amides is 1. The smallest absolute Gasteiger partial charge is 0.223 e. The molecule has 3 N–H and O–H groups in total. The minimum absolute atomic E-state index is 0.00417. The molecule has 0 saturated carbocycles. The summed E-state index contributed by atoms with van der Waals surface area (Å²) in [6.45, 7) is 19.5. The summed E-state index contributed by atoms with van der Waals surface area (Å²) in [5.74, 6) is -0.233. The van der Waals surface area contributed by atoms with E-state index in [0.29, 0.717) is 24.4 Å². The maximum absolute atomic E-state index is 11.6. The number of allylic oxidation sites excluding steroid dienone is 3. The van der Waals surface area contributed by atoms with Gasteiger partial charge in [-0.3, -0.25) is 14.4 Å². The lowest BCUT2D eigenvalue weighted by atomic mass is 10.2. The van der Waals surface area contributed by atoms with Crippen LogP contribution in [0.3, 0.4) is 0 Å². The monoisotopic (exact) mass is 415 g/mol. The fraction of sp³-hybridized carbons (Fsp3) is 0.696. The second kappa shape index (κ2) is 33.5. The van der Waals surface area contributed by atoms with E-state index in [1.165, 1.54) is 13.8 Å². The number of hydrogen-bond acceptors (Lipinski definition) is 5. The van der Waals surface area contributed by atoms with Crippen molar-refractivity contribution in [3.05, 3.63) is 23.5 Å². The minimum atomic E-state index is -0.131. The number of rotatable bonds is 10. The maximum Gasteiger partial charge on any atom is 0.223 e. The highest BCUT2D eigenvalue weighted by Gasteiger charge is 2.03. The Morgan fingerprint density at radius 3 is 1.41 bits per heavy atom. The van der Waals surface area contributed by atoms with Gasteiger partial charge in [0, 0.05) is 40.9 Å². The Labute approximate surface area is 181 Å². The van der Waals surface area contributed by atoms with Crippen LogP contribution in [0, 0.1) is 0 Å². The van der Waals surface area contributed by atoms with E-state index in [4.69, 9.17) is 0 Å². The highest BCUT2D eigenvalue weighted by Crippen LogP contribution is 1.97. The van der Waals surface area contributed by atoms with E-state index >= 15 is 0 Å². The van der Waals surface area contributed by atoms with E-state index in [1.807, 2.05) is 61.5 Å². The maximum atomic E-state index is 11.6. The molecule has 174 valence electrons. The van der Waals surface area contributed by atoms with Crippen molar-refractivity contribution in [3.63, 3.8) is 0 Å². The molecule has 0 aromatic heterocycles. The molecule has 0 fully saturated rings. The number of nitrogens with one attached hydrogen (secondary N) is 3. The number of Topliss-reactive ketones (excluding diaryl/α,β-unsaturated/α-hetero) is 2. The van der Waals surface area contributed by atoms with Gasteiger partial charge in [0.25, 0.3) is 0 Å². The second-order valence-electron chi connectivity index (χ2n) is 4.54. The predicted molar refractivity (Wildman–Crippen MR) is 128 cm³/mol. The number of hydrogen-bond donors (Lipinski definition) is 3. The van der Waals surface area contributed by atoms with Crippen LogP contribution in [0.5, 0.6) is 0 Å². The first-order valence-electron chi connectivity index (χ1n) is 11.0. The van der Waals surface area contributed by atoms with Gasteiger partial charge in [-0.05, 0) is 18.9 Å². The second-order valence-corrected chi connectivity index (χ2v) is 4.54. The van der Waals surface area contributed by atoms with Crippen molar-refractivity contribution in [3.8, 4) is 0 Å². The quantitative estimate of drug-likeness (QED) is 0.354. The molecule has 0 unspecified atom stereocenters. The summed E-state index contributed by atoms with van der Waals surface area (Å²) >= 11 is 0. The summed E-state index contributed by atoms with van der Waals surface area (Å²) in [5, 5.41) is 8.34. The largest absolute Gasteiger partial charge is 0.386 e. The number of ketones is 2. The van der Waals surface area contributed by atoms with Gasteiger partial charge in [-0.1, -0.05) is 61.5 Å². The van der Waals surface area contributed by atoms with Gasteiger partial charge in [0.15, 0.2) is 11.6 Å². The first-order chi connectivity index (χ1) is 13.9. The lowest BCUT2D eigenvalue weighted by Gasteiger charge is -2.05. The van der Waals surface area contributed by atoms with Crippen molar-refractivity contribution in [2.45, 2.75) is 88.5 Å². The Balaban J connectivity index is -0.000000212. The van der Waals surface area contributed by atoms with E-state index in [1.54, 1.807) is 20.2 Å². The molecule has 6 nitrogen and oxygen atoms in total. The molecule has 0 heterocycles. The fourth-order valence-corrected chi connectivity index (χ4v) is 1.69. The molecule has 0 bridgehead atoms. The van der Waals surface area contributed by atoms with Crippen molar-refractivity contribution < 1.29 is 14.4 Å². The molecule has 0 saturated heterocycles. The molecular formula is C23H49N3O3. The van der Waals surface area contributed by atoms with Crippen LogP contribution in [0.25, 0.3) is 0 Å². The Morgan fingerprint density at radius 2 is 1.07 bits per heavy atom. The van der Waals surface area contributed by atoms with Gasteiger partial charge in [-0.15, -0.1) is 0 Å². The van der Waals surface area contributed by atoms with Crippen molar-refractivity contribution >= 4 is 17.5 Å². The molecule has 0 radical (unpaired) electrons. The summed E-state index contributed by atoms with van der Waals surface area (Å²) in [5.41, 5.74) is 1.03. The highest BCUT2D eigenvalue weighted by atomic mass is 16.1. The van der Waals surface area contributed by atoms with Crippen molar-refractivity contribution in [1.29, 1.82) is 0 Å². The normalized spacial score (nSPS) is 9.38. The first kappa shape index (κ1) is 37.6. The molecule has 0 aromatic carbocycles. The van der Waals surface area contributed by atoms with Gasteiger partial charge in [0.1, 0.15) is 0 Å². The molecule has 0 aromatic rings. The van der Waals surface area contributed by atoms with Crippen molar-refractivity contribution in [2.75, 3.05) is 20.6 Å². The molecule has 0 aliphatic carbocycles. The Hall–Kier alpha value is -2.11. The van der Waals surface area contributed by atoms with Crippen molar-refractivity contribution in [2.24, 2.45) is 0 Å². The number of unbranched alkanes of at least 4 members (excludes halogenated alkanes) is 1. The zero-order chi connectivity index (χ0) is 24.3. The summed E-state index contributed by atoms with van der Waals surface area (Å²) in [6, 6.07) is 0. The molecule has 0 aliphatic heterocycles. The molecule has 6 heteroatoms. The average molecular weight is 416 g/mol. The third kappa shape index (κ3) is 28.2. The Morgan fingerprint density at radius 1 is 0.690 bits per heavy atom. The van der Waals surface area contributed by atoms with Gasteiger partial charge in [-0.2, -0.15) is 0 Å². The van der Waals surface area contributed by atoms with Crippen molar-refractivity contribution in [1.82, 2.24) is 16.0 Å². The van der Waals surface area contributed by atoms with E-state index in [2.05, 4.69) is 16.0 Å². The number of carbonyl (C=O) groups excluding carboxylic acids is 3. The zero-order valence-electron chi connectivity index (χ0n) is 21.2. The molecule has 0 aliphatic rings. The molecule has 1 amide bonds. The van der Waals surface area contributed by atoms with Gasteiger partial charge < -0.3 is 16.0 Å². The lowest BCUT2D eigenvalue weighted by molar-refractivity contribution is -0.120. The standard InChI is InChI=1S/C15H25N3O3.4C2H6/c1-11(19)13(16-3)7-5-6-10-18-15(21)9-8-14(17-4)12(2)20;4*1-2/h7-8,16-17H,5-6,9-10H2,1-4H3,(H,18,21);4*1-2H3/b13-7-,14-8+;;;;. The number of likely N-dealkylation sites (N-methyl/N-ethyl adjacent to an activating group) is 2. The highest BCUT2D eigenvalue weighted by molar-refractivity contribution is 5.93. The summed E-state index contributed by atoms with van der Waals surface area (Å²) in [7, 11) is 3.35. The molecular weight excluding hydrogens is 366 g/mol. The molecule has 0 atom stereocenters. The first-order valence-corrected chi connectivity index (χ1v) is 11.0. The van der Waals surface area contributed by atoms with E-state index in [0.717, 1.165) is 6.42 Å². The van der Waals surface area contributed by atoms with Crippen LogP contribution in [-0.2, 0) is 14.4 Å². The van der Waals surface area contributed by atoms with Crippen LogP contribution >= 0.6 is 0 Å². The van der Waals surface area contributed by atoms with Gasteiger partial charge in [0.05, 0.1) is 11.4 Å². The van der Waals surface area contributed by atoms with Crippen LogP contribution in [0.1, 0.15) is 88.5 Å². The topological polar surface area (TPSA) is 87.3 Å². The summed E-state index contributed by atoms with van der Waals surface area (Å²) in [6.07, 6.45) is 5.02. The SMILES string of the molecule is CC.CC.CC.CC.CN/C(=C\CCCNC(=O)C/C=C(/NC)C(C)=O)C(C)=O. The Kier molecular flexibility index (Phi) is 43.4. The Bertz CT molecular complexity index is 443. The van der Waals surface area contributed by atoms with Crippen LogP contribution < -0.4 is 16.0 Å². The van der Waals surface area contributed by atoms with Crippen LogP contribution in [0.2, 0.25) is 0 Å². The van der Waals surface area contributed by atoms with Crippen LogP contribution in [0.15, 0.2) is 23.5 Å². The van der Waals surface area contributed by atoms with E-state index < -0.39 is 0 Å². The van der Waals surface area contributed by atoms with Gasteiger partial charge in [0.2, 0.25) is 5.91 Å². The van der Waals surface area contributed by atoms with Crippen LogP contribution in [-0.4, -0.2) is 38.1 Å². The van der Waals surface area contributed by atoms with Crippen LogP contribution in [0.4, 0.5) is 0 Å². The third-order valence-electron chi connectivity index (χ3n) is 2.84. The lowest BCUT2D eigenvalue weighted by Crippen LogP contribution is -2.24. The fourth-order valence-electron chi connectivity index (χ4n) is 1.69. The molecule has 0 rings (SSSR count). The minimum Gasteiger partial charge on any atom is -0.386 e. The average Bonchev–Trinajstić information content (AvgIpc) is 2.76. The predicted octanol–water partition coefficient (Wildman–Crippen LogP) is 4.76. The van der Waals surface area contributed by atoms with Gasteiger partial charge >= 0.3 is 0 Å². The molecule has 0 spiro atoms. The zero-order valence-corrected chi connectivity index (χ0v) is 21.2. The summed E-state index contributed by atoms with van der Waals surface area (Å²) < 4.78 is 0. The number of carbonyl (C=O) groups is 3. The van der Waals surface area contributed by atoms with Gasteiger partial charge in [-0.25, -0.2) is 0 Å².